The van der Waals surface area contributed by atoms with Crippen molar-refractivity contribution in [3.05, 3.63) is 69.6 Å². The summed E-state index contributed by atoms with van der Waals surface area (Å²) in [4.78, 5) is 18.7. The molecule has 1 N–H and O–H groups in total. The van der Waals surface area contributed by atoms with Crippen molar-refractivity contribution in [3.8, 4) is 0 Å². The molecule has 0 amide bonds. The van der Waals surface area contributed by atoms with Crippen LogP contribution in [-0.2, 0) is 14.4 Å². The zero-order valence-electron chi connectivity index (χ0n) is 16.7. The van der Waals surface area contributed by atoms with Gasteiger partial charge in [0.05, 0.1) is 31.2 Å². The summed E-state index contributed by atoms with van der Waals surface area (Å²) in [5.74, 6) is 0. The van der Waals surface area contributed by atoms with E-state index in [1.807, 2.05) is 24.3 Å². The molecule has 4 rings (SSSR count). The number of pyridine rings is 2. The maximum absolute atomic E-state index is 8.85. The van der Waals surface area contributed by atoms with Crippen LogP contribution in [0.5, 0.6) is 0 Å². The molecule has 0 bridgehead atoms. The highest BCUT2D eigenvalue weighted by molar-refractivity contribution is 9.10. The average Bonchev–Trinajstić information content (AvgIpc) is 3.45. The van der Waals surface area contributed by atoms with E-state index in [4.69, 9.17) is 19.5 Å². The molecule has 2 aromatic heterocycles. The molecule has 2 aromatic rings. The van der Waals surface area contributed by atoms with Crippen LogP contribution in [0, 0.1) is 0 Å². The molecule has 164 valence electrons. The van der Waals surface area contributed by atoms with E-state index in [1.165, 1.54) is 0 Å². The summed E-state index contributed by atoms with van der Waals surface area (Å²) in [6.07, 6.45) is 6.29. The monoisotopic (exact) mass is 552 g/mol. The predicted octanol–water partition coefficient (Wildman–Crippen LogP) is 3.87. The van der Waals surface area contributed by atoms with Gasteiger partial charge in [0.15, 0.2) is 12.2 Å². The van der Waals surface area contributed by atoms with Gasteiger partial charge in [-0.25, -0.2) is 0 Å². The van der Waals surface area contributed by atoms with Gasteiger partial charge >= 0.3 is 0 Å². The summed E-state index contributed by atoms with van der Waals surface area (Å²) >= 11 is 6.65. The van der Waals surface area contributed by atoms with Crippen LogP contribution in [0.15, 0.2) is 68.6 Å². The summed E-state index contributed by atoms with van der Waals surface area (Å²) in [6.45, 7) is 4.63. The number of oxime groups is 2. The topological polar surface area (TPSA) is 98.4 Å². The first kappa shape index (κ1) is 23.5. The number of hydrogen-bond acceptors (Lipinski definition) is 8. The Kier molecular flexibility index (Phi) is 9.13. The van der Waals surface area contributed by atoms with Crippen molar-refractivity contribution >= 4 is 43.3 Å². The van der Waals surface area contributed by atoms with Gasteiger partial charge in [0, 0.05) is 34.2 Å². The zero-order chi connectivity index (χ0) is 22.1. The van der Waals surface area contributed by atoms with Gasteiger partial charge in [-0.15, -0.1) is 6.58 Å². The van der Waals surface area contributed by atoms with Crippen LogP contribution >= 0.6 is 31.9 Å². The average molecular weight is 554 g/mol. The van der Waals surface area contributed by atoms with Gasteiger partial charge in [-0.3, -0.25) is 9.97 Å². The quantitative estimate of drug-likeness (QED) is 0.413. The molecule has 0 spiro atoms. The molecule has 4 heterocycles. The van der Waals surface area contributed by atoms with E-state index in [1.54, 1.807) is 18.5 Å². The second-order valence-electron chi connectivity index (χ2n) is 6.67. The van der Waals surface area contributed by atoms with Gasteiger partial charge in [-0.1, -0.05) is 16.4 Å². The zero-order valence-corrected chi connectivity index (χ0v) is 19.8. The van der Waals surface area contributed by atoms with Crippen LogP contribution in [0.3, 0.4) is 0 Å². The third kappa shape index (κ3) is 7.20. The Hall–Kier alpha value is -2.14. The van der Waals surface area contributed by atoms with Gasteiger partial charge in [-0.2, -0.15) is 0 Å². The first-order valence-electron chi connectivity index (χ1n) is 9.57. The Bertz CT molecular complexity index is 920. The van der Waals surface area contributed by atoms with Crippen molar-refractivity contribution in [2.45, 2.75) is 25.0 Å². The molecule has 8 nitrogen and oxygen atoms in total. The predicted molar refractivity (Wildman–Crippen MR) is 124 cm³/mol. The molecule has 0 unspecified atom stereocenters. The molecule has 0 saturated carbocycles. The lowest BCUT2D eigenvalue weighted by atomic mass is 10.1. The number of aromatic nitrogens is 2. The minimum atomic E-state index is -0.213. The number of hydrogen-bond donors (Lipinski definition) is 1. The van der Waals surface area contributed by atoms with Gasteiger partial charge in [-0.05, 0) is 56.1 Å². The van der Waals surface area contributed by atoms with Gasteiger partial charge in [0.1, 0.15) is 11.4 Å². The molecule has 31 heavy (non-hydrogen) atoms. The molecule has 0 saturated heterocycles. The van der Waals surface area contributed by atoms with Crippen LogP contribution < -0.4 is 0 Å². The summed E-state index contributed by atoms with van der Waals surface area (Å²) in [5.41, 5.74) is 3.30. The minimum Gasteiger partial charge on any atom is -0.392 e. The lowest BCUT2D eigenvalue weighted by Crippen LogP contribution is -2.16. The smallest absolute Gasteiger partial charge is 0.156 e. The van der Waals surface area contributed by atoms with Gasteiger partial charge < -0.3 is 19.5 Å². The Balaban J connectivity index is 0.000000179. The molecule has 0 fully saturated rings. The normalized spacial score (nSPS) is 19.5. The van der Waals surface area contributed by atoms with E-state index in [2.05, 4.69) is 58.7 Å². The number of ether oxygens (including phenoxy) is 1. The number of aliphatic hydroxyl groups is 1. The van der Waals surface area contributed by atoms with Crippen LogP contribution in [0.4, 0.5) is 0 Å². The molecular formula is C21H22Br2N4O4. The lowest BCUT2D eigenvalue weighted by Gasteiger charge is -2.06. The summed E-state index contributed by atoms with van der Waals surface area (Å²) < 4.78 is 7.21. The van der Waals surface area contributed by atoms with Gasteiger partial charge in [0.2, 0.25) is 0 Å². The first-order chi connectivity index (χ1) is 15.1. The molecule has 2 atom stereocenters. The molecule has 2 aliphatic heterocycles. The van der Waals surface area contributed by atoms with Crippen molar-refractivity contribution in [3.63, 3.8) is 0 Å². The van der Waals surface area contributed by atoms with E-state index in [0.29, 0.717) is 19.6 Å². The second-order valence-corrected chi connectivity index (χ2v) is 8.50. The molecular weight excluding hydrogens is 532 g/mol. The largest absolute Gasteiger partial charge is 0.392 e. The molecule has 2 aliphatic rings. The maximum Gasteiger partial charge on any atom is 0.156 e. The highest BCUT2D eigenvalue weighted by atomic mass is 79.9. The summed E-state index contributed by atoms with van der Waals surface area (Å²) in [7, 11) is 0. The van der Waals surface area contributed by atoms with Crippen molar-refractivity contribution in [2.75, 3.05) is 19.8 Å². The van der Waals surface area contributed by atoms with Crippen LogP contribution in [-0.4, -0.2) is 58.5 Å². The molecule has 0 aromatic carbocycles. The maximum atomic E-state index is 8.85. The van der Waals surface area contributed by atoms with Crippen molar-refractivity contribution in [2.24, 2.45) is 10.3 Å². The molecule has 0 radical (unpaired) electrons. The minimum absolute atomic E-state index is 0.0104. The van der Waals surface area contributed by atoms with E-state index < -0.39 is 0 Å². The van der Waals surface area contributed by atoms with E-state index >= 15 is 0 Å². The third-order valence-electron chi connectivity index (χ3n) is 4.26. The Labute approximate surface area is 197 Å². The first-order valence-corrected chi connectivity index (χ1v) is 11.2. The fraction of sp³-hybridized carbons (Fsp3) is 0.333. The number of aliphatic hydroxyl groups excluding tert-OH is 1. The van der Waals surface area contributed by atoms with E-state index in [9.17, 15) is 0 Å². The molecule has 10 heteroatoms. The van der Waals surface area contributed by atoms with Crippen molar-refractivity contribution in [1.29, 1.82) is 0 Å². The fourth-order valence-corrected chi connectivity index (χ4v) is 3.19. The van der Waals surface area contributed by atoms with Crippen molar-refractivity contribution < 1.29 is 19.5 Å². The fourth-order valence-electron chi connectivity index (χ4n) is 2.72. The number of halogens is 2. The SMILES string of the molecule is C=CCOC[C@@H]1CC(c2ccc(Br)cn2)=NO1.OC[C@@H]1CC(c2ccc(Br)cn2)=NO1. The number of rotatable bonds is 7. The summed E-state index contributed by atoms with van der Waals surface area (Å²) in [6, 6.07) is 7.62. The lowest BCUT2D eigenvalue weighted by molar-refractivity contribution is 0.0111. The second kappa shape index (κ2) is 12.0. The Morgan fingerprint density at radius 2 is 1.52 bits per heavy atom. The van der Waals surface area contributed by atoms with E-state index in [0.717, 1.165) is 38.2 Å². The van der Waals surface area contributed by atoms with E-state index in [-0.39, 0.29) is 18.8 Å². The van der Waals surface area contributed by atoms with Crippen LogP contribution in [0.2, 0.25) is 0 Å². The molecule has 0 aliphatic carbocycles. The van der Waals surface area contributed by atoms with Crippen molar-refractivity contribution in [1.82, 2.24) is 9.97 Å². The van der Waals surface area contributed by atoms with Crippen LogP contribution in [0.1, 0.15) is 24.2 Å². The Morgan fingerprint density at radius 1 is 0.968 bits per heavy atom. The standard InChI is InChI=1S/C12H13BrN2O2.C9H9BrN2O2/c1-2-5-16-8-10-6-12(15-17-10)11-4-3-9(13)7-14-11;10-6-1-2-8(11-4-6)9-3-7(5-13)14-12-9/h2-4,7,10H,1,5-6,8H2;1-2,4,7,13H,3,5H2/t10-;7-/m00/s1. The number of nitrogens with zero attached hydrogens (tertiary/aromatic N) is 4. The third-order valence-corrected chi connectivity index (χ3v) is 5.19. The van der Waals surface area contributed by atoms with Gasteiger partial charge in [0.25, 0.3) is 0 Å². The summed E-state index contributed by atoms with van der Waals surface area (Å²) in [5, 5.41) is 16.7. The Morgan fingerprint density at radius 3 is 1.97 bits per heavy atom. The van der Waals surface area contributed by atoms with Crippen LogP contribution in [0.25, 0.3) is 0 Å². The highest BCUT2D eigenvalue weighted by Crippen LogP contribution is 2.18. The highest BCUT2D eigenvalue weighted by Gasteiger charge is 2.23.